The summed E-state index contributed by atoms with van der Waals surface area (Å²) in [6.45, 7) is 0. The predicted octanol–water partition coefficient (Wildman–Crippen LogP) is -2.06. The maximum Gasteiger partial charge on any atom is 1.00 e. The van der Waals surface area contributed by atoms with Crippen LogP contribution in [0, 0.1) is 0 Å². The van der Waals surface area contributed by atoms with Gasteiger partial charge in [0.05, 0.1) is 0 Å². The largest absolute Gasteiger partial charge is 1.00 e. The van der Waals surface area contributed by atoms with Crippen LogP contribution in [-0.4, -0.2) is 10.3 Å². The first-order valence-electron chi connectivity index (χ1n) is 1.34. The van der Waals surface area contributed by atoms with Gasteiger partial charge in [-0.15, -0.1) is 0 Å². The molecule has 1 fully saturated rings. The van der Waals surface area contributed by atoms with E-state index in [2.05, 4.69) is 8.67 Å². The molecule has 0 unspecified atom stereocenters. The minimum Gasteiger partial charge on any atom is -0.764 e. The van der Waals surface area contributed by atoms with E-state index in [0.717, 1.165) is 0 Å². The first kappa shape index (κ1) is 9.09. The zero-order valence-electron chi connectivity index (χ0n) is 3.97. The van der Waals surface area contributed by atoms with Gasteiger partial charge < -0.3 is 4.55 Å². The molecule has 0 aromatic rings. The molecule has 44 valence electrons. The summed E-state index contributed by atoms with van der Waals surface area (Å²) in [5, 5.41) is 0. The molecule has 0 aliphatic carbocycles. The Morgan fingerprint density at radius 1 is 1.38 bits per heavy atom. The molecule has 1 saturated heterocycles. The third kappa shape index (κ3) is 1.80. The Hall–Kier alpha value is 1.09. The van der Waals surface area contributed by atoms with E-state index in [1.54, 1.807) is 0 Å². The number of hydrogen-bond donors (Lipinski definition) is 0. The van der Waals surface area contributed by atoms with Gasteiger partial charge in [-0.25, -0.2) is 0 Å². The summed E-state index contributed by atoms with van der Waals surface area (Å²) in [6, 6.07) is 0. The SMILES string of the molecule is [Na+].[O-]S1(C(F)F)OO1. The smallest absolute Gasteiger partial charge is 0.764 e. The summed E-state index contributed by atoms with van der Waals surface area (Å²) in [5.74, 6) is -3.01. The van der Waals surface area contributed by atoms with Gasteiger partial charge in [0.2, 0.25) is 0 Å². The fourth-order valence-electron chi connectivity index (χ4n) is 0.0868. The second-order valence-corrected chi connectivity index (χ2v) is 2.50. The van der Waals surface area contributed by atoms with E-state index in [9.17, 15) is 13.3 Å². The van der Waals surface area contributed by atoms with Crippen molar-refractivity contribution in [2.24, 2.45) is 0 Å². The predicted molar refractivity (Wildman–Crippen MR) is 16.5 cm³/mol. The van der Waals surface area contributed by atoms with Gasteiger partial charge in [0.25, 0.3) is 0 Å². The van der Waals surface area contributed by atoms with Crippen molar-refractivity contribution in [3.63, 3.8) is 0 Å². The second kappa shape index (κ2) is 2.78. The van der Waals surface area contributed by atoms with E-state index >= 15 is 0 Å². The minimum absolute atomic E-state index is 0. The maximum absolute atomic E-state index is 11.1. The first-order valence-corrected chi connectivity index (χ1v) is 2.81. The van der Waals surface area contributed by atoms with E-state index in [1.165, 1.54) is 0 Å². The van der Waals surface area contributed by atoms with Crippen LogP contribution in [0.1, 0.15) is 0 Å². The Balaban J connectivity index is 0.000000490. The van der Waals surface area contributed by atoms with Crippen molar-refractivity contribution in [3.05, 3.63) is 0 Å². The Labute approximate surface area is 68.1 Å². The molecule has 0 aromatic heterocycles. The standard InChI is InChI=1S/CH2F2O3S.Na/c2-1(3)7(4)5-6-7;/h1,4H;/q;+1/p-1. The molecule has 8 heavy (non-hydrogen) atoms. The fourth-order valence-corrected chi connectivity index (χ4v) is 0.425. The summed E-state index contributed by atoms with van der Waals surface area (Å²) in [4.78, 5) is 0. The Bertz CT molecular complexity index is 85.4. The molecule has 0 saturated carbocycles. The molecule has 7 heteroatoms. The topological polar surface area (TPSA) is 48.1 Å². The molecular formula is CHF2NaO3S. The van der Waals surface area contributed by atoms with Crippen molar-refractivity contribution in [1.29, 1.82) is 0 Å². The van der Waals surface area contributed by atoms with E-state index in [1.807, 2.05) is 0 Å². The first-order chi connectivity index (χ1) is 3.15. The van der Waals surface area contributed by atoms with Gasteiger partial charge >= 0.3 is 35.3 Å². The van der Waals surface area contributed by atoms with Crippen LogP contribution >= 0.6 is 10.9 Å². The number of hydrogen-bond acceptors (Lipinski definition) is 3. The van der Waals surface area contributed by atoms with Crippen LogP contribution < -0.4 is 29.6 Å². The zero-order valence-corrected chi connectivity index (χ0v) is 6.78. The Kier molecular flexibility index (Phi) is 3.16. The third-order valence-electron chi connectivity index (χ3n) is 0.420. The van der Waals surface area contributed by atoms with Crippen molar-refractivity contribution in [1.82, 2.24) is 0 Å². The zero-order chi connectivity index (χ0) is 5.49. The Morgan fingerprint density at radius 3 is 1.75 bits per heavy atom. The van der Waals surface area contributed by atoms with Gasteiger partial charge in [-0.1, -0.05) is 0 Å². The maximum atomic E-state index is 11.1. The fraction of sp³-hybridized carbons (Fsp3) is 1.00. The second-order valence-electron chi connectivity index (χ2n) is 0.890. The van der Waals surface area contributed by atoms with E-state index in [4.69, 9.17) is 0 Å². The monoisotopic (exact) mass is 154 g/mol. The van der Waals surface area contributed by atoms with Crippen LogP contribution in [0.3, 0.4) is 0 Å². The molecule has 1 aliphatic heterocycles. The van der Waals surface area contributed by atoms with Gasteiger partial charge in [0, 0.05) is 10.9 Å². The van der Waals surface area contributed by atoms with Crippen LogP contribution in [0.15, 0.2) is 0 Å². The van der Waals surface area contributed by atoms with E-state index in [0.29, 0.717) is 0 Å². The Morgan fingerprint density at radius 2 is 1.75 bits per heavy atom. The van der Waals surface area contributed by atoms with Crippen LogP contribution in [0.2, 0.25) is 0 Å². The molecular weight excluding hydrogens is 153 g/mol. The molecule has 0 aromatic carbocycles. The molecule has 1 heterocycles. The van der Waals surface area contributed by atoms with Gasteiger partial charge in [0.1, 0.15) is 0 Å². The summed E-state index contributed by atoms with van der Waals surface area (Å²) in [6.07, 6.45) is 0. The molecule has 0 atom stereocenters. The minimum atomic E-state index is -3.57. The van der Waals surface area contributed by atoms with Gasteiger partial charge in [0.15, 0.2) is 0 Å². The van der Waals surface area contributed by atoms with Gasteiger partial charge in [-0.2, -0.15) is 17.4 Å². The molecule has 0 radical (unpaired) electrons. The van der Waals surface area contributed by atoms with Crippen LogP contribution in [0.25, 0.3) is 0 Å². The summed E-state index contributed by atoms with van der Waals surface area (Å²) in [5.41, 5.74) is 0. The average molecular weight is 154 g/mol. The molecule has 0 bridgehead atoms. The summed E-state index contributed by atoms with van der Waals surface area (Å²) >= 11 is 0. The van der Waals surface area contributed by atoms with Gasteiger partial charge in [-0.05, 0) is 0 Å². The molecule has 3 nitrogen and oxygen atoms in total. The van der Waals surface area contributed by atoms with Crippen molar-refractivity contribution < 1.29 is 51.6 Å². The van der Waals surface area contributed by atoms with E-state index < -0.39 is 16.6 Å². The van der Waals surface area contributed by atoms with E-state index in [-0.39, 0.29) is 29.6 Å². The van der Waals surface area contributed by atoms with Crippen molar-refractivity contribution in [2.75, 3.05) is 0 Å². The quantitative estimate of drug-likeness (QED) is 0.248. The van der Waals surface area contributed by atoms with Crippen LogP contribution in [0.5, 0.6) is 0 Å². The molecule has 1 rings (SSSR count). The molecule has 0 N–H and O–H groups in total. The molecule has 1 aliphatic rings. The number of rotatable bonds is 1. The summed E-state index contributed by atoms with van der Waals surface area (Å²) < 4.78 is 38.8. The number of alkyl halides is 2. The summed E-state index contributed by atoms with van der Waals surface area (Å²) in [7, 11) is -3.57. The molecule has 0 amide bonds. The normalized spacial score (nSPS) is 26.5. The van der Waals surface area contributed by atoms with Crippen LogP contribution in [0.4, 0.5) is 8.78 Å². The van der Waals surface area contributed by atoms with Crippen LogP contribution in [-0.2, 0) is 8.67 Å². The molecule has 0 spiro atoms. The third-order valence-corrected chi connectivity index (χ3v) is 1.26. The van der Waals surface area contributed by atoms with Crippen molar-refractivity contribution in [2.45, 2.75) is 5.76 Å². The van der Waals surface area contributed by atoms with Gasteiger partial charge in [-0.3, -0.25) is 0 Å². The van der Waals surface area contributed by atoms with Crippen molar-refractivity contribution >= 4 is 10.9 Å². The number of halogens is 2. The average Bonchev–Trinajstić information content (AvgIpc) is 2.21. The van der Waals surface area contributed by atoms with Crippen molar-refractivity contribution in [3.8, 4) is 0 Å².